The van der Waals surface area contributed by atoms with Crippen molar-refractivity contribution in [2.75, 3.05) is 0 Å². The molecule has 1 nitrogen and oxygen atoms in total. The highest BCUT2D eigenvalue weighted by Gasteiger charge is 1.96. The Hall–Kier alpha value is -2.98. The average molecular weight is 385 g/mol. The Bertz CT molecular complexity index is 1030. The van der Waals surface area contributed by atoms with E-state index in [1.807, 2.05) is 78.9 Å². The highest BCUT2D eigenvalue weighted by Crippen LogP contribution is 2.19. The summed E-state index contributed by atoms with van der Waals surface area (Å²) in [6.45, 7) is 1.75. The third-order valence-corrected chi connectivity index (χ3v) is 4.46. The number of hydrogen-bond acceptors (Lipinski definition) is 3. The maximum absolute atomic E-state index is 5.26. The summed E-state index contributed by atoms with van der Waals surface area (Å²) in [5.74, 6) is 12.7. The topological polar surface area (TPSA) is 9.23 Å². The number of thiocarbonyl (C=S) groups is 1. The molecule has 0 fully saturated rings. The molecule has 0 aliphatic carbocycles. The van der Waals surface area contributed by atoms with Gasteiger partial charge in [0.1, 0.15) is 0 Å². The monoisotopic (exact) mass is 384 g/mol. The Labute approximate surface area is 170 Å². The largest absolute Gasteiger partial charge is 0.414 e. The van der Waals surface area contributed by atoms with Gasteiger partial charge < -0.3 is 4.18 Å². The minimum Gasteiger partial charge on any atom is -0.414 e. The van der Waals surface area contributed by atoms with Gasteiger partial charge in [-0.3, -0.25) is 0 Å². The van der Waals surface area contributed by atoms with E-state index in [4.69, 9.17) is 16.4 Å². The smallest absolute Gasteiger partial charge is 0.174 e. The molecule has 0 saturated heterocycles. The molecule has 27 heavy (non-hydrogen) atoms. The SMILES string of the molecule is CC(=S)OSc1ccc(C#Cc2ccc(C#Cc3ccccc3)cc2)cc1. The van der Waals surface area contributed by atoms with Crippen molar-refractivity contribution in [1.82, 2.24) is 0 Å². The van der Waals surface area contributed by atoms with Crippen LogP contribution in [0, 0.1) is 23.7 Å². The first-order valence-electron chi connectivity index (χ1n) is 8.33. The van der Waals surface area contributed by atoms with E-state index in [9.17, 15) is 0 Å². The van der Waals surface area contributed by atoms with Crippen molar-refractivity contribution in [1.29, 1.82) is 0 Å². The van der Waals surface area contributed by atoms with Crippen molar-refractivity contribution in [2.45, 2.75) is 11.8 Å². The molecule has 0 N–H and O–H groups in total. The second-order valence-corrected chi connectivity index (χ2v) is 7.01. The Kier molecular flexibility index (Phi) is 6.72. The quantitative estimate of drug-likeness (QED) is 0.311. The molecule has 130 valence electrons. The van der Waals surface area contributed by atoms with Crippen LogP contribution >= 0.6 is 24.3 Å². The van der Waals surface area contributed by atoms with Gasteiger partial charge in [0.05, 0.1) is 12.0 Å². The van der Waals surface area contributed by atoms with Crippen LogP contribution in [-0.4, -0.2) is 5.05 Å². The van der Waals surface area contributed by atoms with E-state index in [1.165, 1.54) is 12.0 Å². The zero-order chi connectivity index (χ0) is 18.9. The zero-order valence-electron chi connectivity index (χ0n) is 14.7. The lowest BCUT2D eigenvalue weighted by molar-refractivity contribution is 0.658. The van der Waals surface area contributed by atoms with Crippen LogP contribution in [0.3, 0.4) is 0 Å². The fraction of sp³-hybridized carbons (Fsp3) is 0.0417. The van der Waals surface area contributed by atoms with Gasteiger partial charge in [-0.25, -0.2) is 0 Å². The molecule has 3 heteroatoms. The maximum atomic E-state index is 5.26. The van der Waals surface area contributed by atoms with Crippen molar-refractivity contribution >= 4 is 29.3 Å². The van der Waals surface area contributed by atoms with Gasteiger partial charge in [-0.05, 0) is 72.9 Å². The fourth-order valence-corrected chi connectivity index (χ4v) is 2.71. The van der Waals surface area contributed by atoms with E-state index >= 15 is 0 Å². The fourth-order valence-electron chi connectivity index (χ4n) is 2.15. The van der Waals surface area contributed by atoms with Crippen LogP contribution in [0.25, 0.3) is 0 Å². The molecular weight excluding hydrogens is 368 g/mol. The summed E-state index contributed by atoms with van der Waals surface area (Å²) in [5, 5.41) is 0.515. The predicted molar refractivity (Wildman–Crippen MR) is 116 cm³/mol. The molecule has 0 spiro atoms. The van der Waals surface area contributed by atoms with E-state index < -0.39 is 0 Å². The minimum atomic E-state index is 0.515. The first kappa shape index (κ1) is 18.8. The lowest BCUT2D eigenvalue weighted by Crippen LogP contribution is -1.85. The van der Waals surface area contributed by atoms with Crippen molar-refractivity contribution in [3.63, 3.8) is 0 Å². The molecule has 3 aromatic carbocycles. The van der Waals surface area contributed by atoms with Crippen LogP contribution in [0.15, 0.2) is 83.8 Å². The van der Waals surface area contributed by atoms with E-state index in [0.29, 0.717) is 5.05 Å². The highest BCUT2D eigenvalue weighted by atomic mass is 32.2. The second kappa shape index (κ2) is 9.64. The summed E-state index contributed by atoms with van der Waals surface area (Å²) in [7, 11) is 0. The number of hydrogen-bond donors (Lipinski definition) is 0. The van der Waals surface area contributed by atoms with E-state index in [-0.39, 0.29) is 0 Å². The third-order valence-electron chi connectivity index (χ3n) is 3.47. The molecule has 0 aliphatic rings. The molecule has 0 heterocycles. The Morgan fingerprint density at radius 3 is 1.52 bits per heavy atom. The van der Waals surface area contributed by atoms with Crippen LogP contribution in [0.5, 0.6) is 0 Å². The van der Waals surface area contributed by atoms with Gasteiger partial charge in [-0.2, -0.15) is 0 Å². The summed E-state index contributed by atoms with van der Waals surface area (Å²) in [4.78, 5) is 0.992. The van der Waals surface area contributed by atoms with Crippen molar-refractivity contribution in [3.8, 4) is 23.7 Å². The normalized spacial score (nSPS) is 9.37. The summed E-state index contributed by atoms with van der Waals surface area (Å²) >= 11 is 6.15. The molecule has 0 radical (unpaired) electrons. The molecule has 0 bridgehead atoms. The van der Waals surface area contributed by atoms with Crippen LogP contribution in [-0.2, 0) is 4.18 Å². The molecule has 0 aliphatic heterocycles. The Morgan fingerprint density at radius 1 is 0.667 bits per heavy atom. The van der Waals surface area contributed by atoms with Crippen LogP contribution in [0.1, 0.15) is 29.2 Å². The minimum absolute atomic E-state index is 0.515. The second-order valence-electron chi connectivity index (χ2n) is 5.63. The lowest BCUT2D eigenvalue weighted by Gasteiger charge is -2.00. The van der Waals surface area contributed by atoms with Gasteiger partial charge in [0.15, 0.2) is 5.05 Å². The maximum Gasteiger partial charge on any atom is 0.174 e. The predicted octanol–water partition coefficient (Wildman–Crippen LogP) is 5.86. The van der Waals surface area contributed by atoms with Crippen molar-refractivity contribution in [3.05, 3.63) is 101 Å². The van der Waals surface area contributed by atoms with Gasteiger partial charge in [0.25, 0.3) is 0 Å². The Balaban J connectivity index is 1.64. The number of benzene rings is 3. The molecule has 0 aromatic heterocycles. The van der Waals surface area contributed by atoms with E-state index in [1.54, 1.807) is 6.92 Å². The summed E-state index contributed by atoms with van der Waals surface area (Å²) in [5.41, 5.74) is 3.89. The van der Waals surface area contributed by atoms with Gasteiger partial charge >= 0.3 is 0 Å². The highest BCUT2D eigenvalue weighted by molar-refractivity contribution is 7.96. The lowest BCUT2D eigenvalue weighted by atomic mass is 10.1. The summed E-state index contributed by atoms with van der Waals surface area (Å²) < 4.78 is 5.26. The molecule has 3 aromatic rings. The van der Waals surface area contributed by atoms with E-state index in [0.717, 1.165) is 27.1 Å². The molecule has 3 rings (SSSR count). The molecule has 0 atom stereocenters. The molecule has 0 saturated carbocycles. The van der Waals surface area contributed by atoms with Crippen molar-refractivity contribution < 1.29 is 4.18 Å². The summed E-state index contributed by atoms with van der Waals surface area (Å²) in [6.07, 6.45) is 0. The van der Waals surface area contributed by atoms with Gasteiger partial charge in [-0.15, -0.1) is 0 Å². The molecule has 0 unspecified atom stereocenters. The van der Waals surface area contributed by atoms with Crippen LogP contribution in [0.2, 0.25) is 0 Å². The summed E-state index contributed by atoms with van der Waals surface area (Å²) in [6, 6.07) is 25.8. The van der Waals surface area contributed by atoms with Gasteiger partial charge in [0.2, 0.25) is 0 Å². The first-order chi connectivity index (χ1) is 13.2. The molecular formula is C24H16OS2. The van der Waals surface area contributed by atoms with Crippen LogP contribution in [0.4, 0.5) is 0 Å². The van der Waals surface area contributed by atoms with Crippen LogP contribution < -0.4 is 0 Å². The van der Waals surface area contributed by atoms with Crippen molar-refractivity contribution in [2.24, 2.45) is 0 Å². The zero-order valence-corrected chi connectivity index (χ0v) is 16.4. The molecule has 0 amide bonds. The number of rotatable bonds is 2. The van der Waals surface area contributed by atoms with Gasteiger partial charge in [0, 0.05) is 34.1 Å². The van der Waals surface area contributed by atoms with Gasteiger partial charge in [-0.1, -0.05) is 41.9 Å². The first-order valence-corrected chi connectivity index (χ1v) is 9.48. The standard InChI is InChI=1S/C24H16OS2/c1-19(26)25-27-24-17-15-23(16-18-24)14-13-22-11-9-21(10-12-22)8-7-20-5-3-2-4-6-20/h2-6,9-12,15-18H,1H3. The Morgan fingerprint density at radius 2 is 1.07 bits per heavy atom. The average Bonchev–Trinajstić information content (AvgIpc) is 2.71. The van der Waals surface area contributed by atoms with E-state index in [2.05, 4.69) is 23.7 Å². The third kappa shape index (κ3) is 6.35.